The summed E-state index contributed by atoms with van der Waals surface area (Å²) in [6, 6.07) is 8.12. The van der Waals surface area contributed by atoms with Gasteiger partial charge in [-0.05, 0) is 37.1 Å². The number of hydrogen-bond donors (Lipinski definition) is 2. The fourth-order valence-electron chi connectivity index (χ4n) is 3.04. The monoisotopic (exact) mass is 324 g/mol. The first-order valence-electron chi connectivity index (χ1n) is 8.22. The predicted molar refractivity (Wildman–Crippen MR) is 90.4 cm³/mol. The van der Waals surface area contributed by atoms with Crippen molar-refractivity contribution in [2.24, 2.45) is 0 Å². The summed E-state index contributed by atoms with van der Waals surface area (Å²) in [7, 11) is 0. The third kappa shape index (κ3) is 3.30. The molecule has 2 N–H and O–H groups in total. The second kappa shape index (κ2) is 6.84. The highest BCUT2D eigenvalue weighted by molar-refractivity contribution is 5.51. The van der Waals surface area contributed by atoms with E-state index >= 15 is 0 Å². The van der Waals surface area contributed by atoms with Crippen molar-refractivity contribution in [1.29, 1.82) is 0 Å². The molecule has 0 aromatic carbocycles. The van der Waals surface area contributed by atoms with Crippen LogP contribution in [0.1, 0.15) is 18.6 Å². The Balaban J connectivity index is 1.34. The fraction of sp³-hybridized carbons (Fsp3) is 0.353. The first-order valence-corrected chi connectivity index (χ1v) is 8.22. The van der Waals surface area contributed by atoms with E-state index in [4.69, 9.17) is 4.42 Å². The number of H-pyrrole nitrogens is 1. The average molecular weight is 324 g/mol. The van der Waals surface area contributed by atoms with Crippen LogP contribution in [0.2, 0.25) is 0 Å². The molecule has 0 aliphatic carbocycles. The molecule has 4 rings (SSSR count). The first-order chi connectivity index (χ1) is 11.9. The minimum Gasteiger partial charge on any atom is -0.458 e. The van der Waals surface area contributed by atoms with Crippen molar-refractivity contribution >= 4 is 5.95 Å². The minimum atomic E-state index is 0.406. The lowest BCUT2D eigenvalue weighted by molar-refractivity contribution is 0.395. The van der Waals surface area contributed by atoms with Crippen LogP contribution in [-0.4, -0.2) is 39.3 Å². The highest BCUT2D eigenvalue weighted by atomic mass is 16.3. The van der Waals surface area contributed by atoms with Gasteiger partial charge in [0.15, 0.2) is 5.76 Å². The van der Waals surface area contributed by atoms with Crippen molar-refractivity contribution in [2.45, 2.75) is 25.4 Å². The van der Waals surface area contributed by atoms with Crippen LogP contribution in [0.4, 0.5) is 5.95 Å². The zero-order valence-electron chi connectivity index (χ0n) is 13.4. The molecule has 1 aliphatic heterocycles. The van der Waals surface area contributed by atoms with Crippen LogP contribution in [-0.2, 0) is 6.54 Å². The molecule has 1 atom stereocenters. The summed E-state index contributed by atoms with van der Waals surface area (Å²) >= 11 is 0. The van der Waals surface area contributed by atoms with E-state index in [0.29, 0.717) is 12.6 Å². The van der Waals surface area contributed by atoms with Gasteiger partial charge < -0.3 is 14.6 Å². The Morgan fingerprint density at radius 2 is 2.12 bits per heavy atom. The maximum atomic E-state index is 5.86. The quantitative estimate of drug-likeness (QED) is 0.749. The summed E-state index contributed by atoms with van der Waals surface area (Å²) in [6.45, 7) is 2.63. The predicted octanol–water partition coefficient (Wildman–Crippen LogP) is 2.22. The number of piperidine rings is 1. The van der Waals surface area contributed by atoms with E-state index in [2.05, 4.69) is 30.4 Å². The van der Waals surface area contributed by atoms with Gasteiger partial charge in [0.2, 0.25) is 5.95 Å². The lowest BCUT2D eigenvalue weighted by atomic mass is 10.1. The largest absolute Gasteiger partial charge is 0.458 e. The standard InChI is InChI=1S/C17H20N6O/c1-3-13(12-23(10-1)17-18-7-2-8-19-17)20-11-14-4-5-16(24-14)15-6-9-21-22-15/h2,4-9,13,20H,1,3,10-12H2,(H,21,22). The van der Waals surface area contributed by atoms with Gasteiger partial charge in [-0.1, -0.05) is 0 Å². The molecule has 3 aromatic rings. The number of furan rings is 1. The SMILES string of the molecule is c1cnc(N2CCCC(NCc3ccc(-c4ccn[nH]4)o3)C2)nc1. The minimum absolute atomic E-state index is 0.406. The van der Waals surface area contributed by atoms with E-state index in [1.165, 1.54) is 0 Å². The molecule has 0 spiro atoms. The fourth-order valence-corrected chi connectivity index (χ4v) is 3.04. The van der Waals surface area contributed by atoms with Gasteiger partial charge in [-0.25, -0.2) is 9.97 Å². The van der Waals surface area contributed by atoms with Crippen molar-refractivity contribution in [3.05, 3.63) is 48.6 Å². The zero-order chi connectivity index (χ0) is 16.2. The van der Waals surface area contributed by atoms with Gasteiger partial charge in [0.25, 0.3) is 0 Å². The van der Waals surface area contributed by atoms with Gasteiger partial charge in [-0.3, -0.25) is 5.10 Å². The zero-order valence-corrected chi connectivity index (χ0v) is 13.4. The van der Waals surface area contributed by atoms with Crippen molar-refractivity contribution in [1.82, 2.24) is 25.5 Å². The Morgan fingerprint density at radius 1 is 1.21 bits per heavy atom. The molecule has 3 aromatic heterocycles. The number of aromatic nitrogens is 4. The molecule has 1 fully saturated rings. The topological polar surface area (TPSA) is 82.9 Å². The molecule has 24 heavy (non-hydrogen) atoms. The molecule has 7 heteroatoms. The number of hydrogen-bond acceptors (Lipinski definition) is 6. The van der Waals surface area contributed by atoms with Gasteiger partial charge in [0, 0.05) is 37.7 Å². The van der Waals surface area contributed by atoms with Crippen LogP contribution < -0.4 is 10.2 Å². The number of rotatable bonds is 5. The smallest absolute Gasteiger partial charge is 0.225 e. The molecule has 1 saturated heterocycles. The Kier molecular flexibility index (Phi) is 4.24. The summed E-state index contributed by atoms with van der Waals surface area (Å²) in [5, 5.41) is 10.4. The van der Waals surface area contributed by atoms with Crippen LogP contribution in [0.25, 0.3) is 11.5 Å². The number of nitrogens with one attached hydrogen (secondary N) is 2. The third-order valence-corrected chi connectivity index (χ3v) is 4.25. The Hall–Kier alpha value is -2.67. The van der Waals surface area contributed by atoms with Crippen molar-refractivity contribution in [3.63, 3.8) is 0 Å². The lowest BCUT2D eigenvalue weighted by Crippen LogP contribution is -2.46. The van der Waals surface area contributed by atoms with Crippen LogP contribution in [0.5, 0.6) is 0 Å². The van der Waals surface area contributed by atoms with E-state index < -0.39 is 0 Å². The van der Waals surface area contributed by atoms with Crippen LogP contribution in [0.15, 0.2) is 47.3 Å². The summed E-state index contributed by atoms with van der Waals surface area (Å²) in [4.78, 5) is 10.9. The van der Waals surface area contributed by atoms with E-state index in [1.807, 2.05) is 24.3 Å². The molecule has 7 nitrogen and oxygen atoms in total. The Bertz CT molecular complexity index is 755. The molecule has 124 valence electrons. The molecule has 1 unspecified atom stereocenters. The lowest BCUT2D eigenvalue weighted by Gasteiger charge is -2.33. The summed E-state index contributed by atoms with van der Waals surface area (Å²) in [5.74, 6) is 2.54. The summed E-state index contributed by atoms with van der Waals surface area (Å²) < 4.78 is 5.86. The second-order valence-electron chi connectivity index (χ2n) is 5.95. The van der Waals surface area contributed by atoms with Crippen LogP contribution in [0.3, 0.4) is 0 Å². The number of nitrogens with zero attached hydrogens (tertiary/aromatic N) is 4. The highest BCUT2D eigenvalue weighted by Crippen LogP contribution is 2.20. The molecule has 0 radical (unpaired) electrons. The summed E-state index contributed by atoms with van der Waals surface area (Å²) in [5.41, 5.74) is 0.895. The molecule has 0 amide bonds. The van der Waals surface area contributed by atoms with Crippen molar-refractivity contribution in [2.75, 3.05) is 18.0 Å². The van der Waals surface area contributed by atoms with Crippen LogP contribution >= 0.6 is 0 Å². The van der Waals surface area contributed by atoms with E-state index in [0.717, 1.165) is 49.1 Å². The van der Waals surface area contributed by atoms with Gasteiger partial charge in [0.1, 0.15) is 11.5 Å². The third-order valence-electron chi connectivity index (χ3n) is 4.25. The normalized spacial score (nSPS) is 18.0. The van der Waals surface area contributed by atoms with Crippen molar-refractivity contribution < 1.29 is 4.42 Å². The van der Waals surface area contributed by atoms with E-state index in [9.17, 15) is 0 Å². The van der Waals surface area contributed by atoms with E-state index in [-0.39, 0.29) is 0 Å². The number of anilines is 1. The summed E-state index contributed by atoms with van der Waals surface area (Å²) in [6.07, 6.45) is 7.58. The van der Waals surface area contributed by atoms with Gasteiger partial charge in [0.05, 0.1) is 6.54 Å². The average Bonchev–Trinajstić information content (AvgIpc) is 3.32. The van der Waals surface area contributed by atoms with E-state index in [1.54, 1.807) is 18.6 Å². The maximum Gasteiger partial charge on any atom is 0.225 e. The Labute approximate surface area is 140 Å². The molecule has 0 bridgehead atoms. The van der Waals surface area contributed by atoms with Gasteiger partial charge >= 0.3 is 0 Å². The molecular weight excluding hydrogens is 304 g/mol. The first kappa shape index (κ1) is 14.9. The van der Waals surface area contributed by atoms with Crippen molar-refractivity contribution in [3.8, 4) is 11.5 Å². The molecular formula is C17H20N6O. The van der Waals surface area contributed by atoms with Gasteiger partial charge in [-0.2, -0.15) is 5.10 Å². The molecule has 1 aliphatic rings. The molecule has 4 heterocycles. The van der Waals surface area contributed by atoms with Gasteiger partial charge in [-0.15, -0.1) is 0 Å². The Morgan fingerprint density at radius 3 is 2.96 bits per heavy atom. The second-order valence-corrected chi connectivity index (χ2v) is 5.95. The highest BCUT2D eigenvalue weighted by Gasteiger charge is 2.21. The van der Waals surface area contributed by atoms with Crippen LogP contribution in [0, 0.1) is 0 Å². The number of aromatic amines is 1. The molecule has 0 saturated carbocycles. The maximum absolute atomic E-state index is 5.86.